The maximum atomic E-state index is 13.8. The maximum Gasteiger partial charge on any atom is 0.153 e. The van der Waals surface area contributed by atoms with Gasteiger partial charge in [-0.2, -0.15) is 5.10 Å². The molecule has 18 heavy (non-hydrogen) atoms. The van der Waals surface area contributed by atoms with E-state index in [1.807, 2.05) is 16.8 Å². The van der Waals surface area contributed by atoms with Crippen LogP contribution in [-0.2, 0) is 6.54 Å². The van der Waals surface area contributed by atoms with E-state index in [1.165, 1.54) is 6.07 Å². The zero-order valence-corrected chi connectivity index (χ0v) is 10.6. The summed E-state index contributed by atoms with van der Waals surface area (Å²) in [6, 6.07) is 6.95. The summed E-state index contributed by atoms with van der Waals surface area (Å²) in [5.41, 5.74) is 0.735. The Morgan fingerprint density at radius 2 is 2.11 bits per heavy atom. The predicted molar refractivity (Wildman–Crippen MR) is 67.0 cm³/mol. The zero-order valence-electron chi connectivity index (χ0n) is 10.6. The van der Waals surface area contributed by atoms with Gasteiger partial charge < -0.3 is 0 Å². The average Bonchev–Trinajstić information content (AvgIpc) is 2.89. The highest BCUT2D eigenvalue weighted by molar-refractivity contribution is 5.29. The van der Waals surface area contributed by atoms with E-state index in [0.717, 1.165) is 30.2 Å². The molecule has 0 aliphatic carbocycles. The van der Waals surface area contributed by atoms with Crippen LogP contribution < -0.4 is 0 Å². The molecule has 1 aliphatic rings. The van der Waals surface area contributed by atoms with Gasteiger partial charge in [0.05, 0.1) is 0 Å². The van der Waals surface area contributed by atoms with Crippen LogP contribution in [0.25, 0.3) is 0 Å². The normalized spacial score (nSPS) is 18.3. The summed E-state index contributed by atoms with van der Waals surface area (Å²) in [7, 11) is 0. The molecular formula is C14H16FN3. The number of halogens is 1. The van der Waals surface area contributed by atoms with Crippen LogP contribution >= 0.6 is 0 Å². The Hall–Kier alpha value is -1.71. The summed E-state index contributed by atoms with van der Waals surface area (Å²) in [6.07, 6.45) is 0.884. The first-order valence-electron chi connectivity index (χ1n) is 6.36. The molecule has 1 unspecified atom stereocenters. The molecule has 0 fully saturated rings. The van der Waals surface area contributed by atoms with E-state index in [1.54, 1.807) is 6.07 Å². The molecule has 0 N–H and O–H groups in total. The highest BCUT2D eigenvalue weighted by Crippen LogP contribution is 2.34. The molecule has 4 heteroatoms. The fraction of sp³-hybridized carbons (Fsp3) is 0.429. The lowest BCUT2D eigenvalue weighted by Crippen LogP contribution is -2.01. The Kier molecular flexibility index (Phi) is 2.65. The van der Waals surface area contributed by atoms with E-state index in [4.69, 9.17) is 0 Å². The van der Waals surface area contributed by atoms with Gasteiger partial charge in [-0.05, 0) is 18.1 Å². The van der Waals surface area contributed by atoms with Gasteiger partial charge in [-0.15, -0.1) is 0 Å². The van der Waals surface area contributed by atoms with E-state index in [-0.39, 0.29) is 11.7 Å². The number of hydrogen-bond donors (Lipinski definition) is 0. The molecule has 0 spiro atoms. The largest absolute Gasteiger partial charge is 0.249 e. The van der Waals surface area contributed by atoms with Crippen LogP contribution in [0.4, 0.5) is 4.39 Å². The summed E-state index contributed by atoms with van der Waals surface area (Å²) < 4.78 is 15.8. The van der Waals surface area contributed by atoms with Crippen molar-refractivity contribution in [2.75, 3.05) is 0 Å². The summed E-state index contributed by atoms with van der Waals surface area (Å²) in [5.74, 6) is 1.97. The first kappa shape index (κ1) is 11.4. The second-order valence-corrected chi connectivity index (χ2v) is 5.07. The number of benzene rings is 1. The molecule has 1 aromatic carbocycles. The molecule has 0 amide bonds. The van der Waals surface area contributed by atoms with Gasteiger partial charge in [0, 0.05) is 18.4 Å². The number of rotatable bonds is 2. The van der Waals surface area contributed by atoms with Crippen LogP contribution in [-0.4, -0.2) is 14.8 Å². The number of nitrogens with zero attached hydrogens (tertiary/aromatic N) is 3. The van der Waals surface area contributed by atoms with Crippen LogP contribution in [0.15, 0.2) is 24.3 Å². The highest BCUT2D eigenvalue weighted by Gasteiger charge is 2.30. The Bertz CT molecular complexity index is 574. The minimum atomic E-state index is -0.148. The van der Waals surface area contributed by atoms with Crippen molar-refractivity contribution in [3.05, 3.63) is 47.3 Å². The minimum absolute atomic E-state index is 0.0474. The van der Waals surface area contributed by atoms with Gasteiger partial charge in [0.15, 0.2) is 5.82 Å². The molecule has 3 rings (SSSR count). The number of hydrogen-bond acceptors (Lipinski definition) is 2. The third-order valence-electron chi connectivity index (χ3n) is 3.46. The summed E-state index contributed by atoms with van der Waals surface area (Å²) >= 11 is 0. The van der Waals surface area contributed by atoms with E-state index >= 15 is 0 Å². The molecule has 2 heterocycles. The number of aryl methyl sites for hydroxylation is 1. The van der Waals surface area contributed by atoms with Gasteiger partial charge in [-0.25, -0.2) is 14.1 Å². The van der Waals surface area contributed by atoms with Gasteiger partial charge in [0.25, 0.3) is 0 Å². The third kappa shape index (κ3) is 1.72. The molecule has 0 radical (unpaired) electrons. The van der Waals surface area contributed by atoms with E-state index in [0.29, 0.717) is 5.92 Å². The zero-order chi connectivity index (χ0) is 12.7. The summed E-state index contributed by atoms with van der Waals surface area (Å²) in [6.45, 7) is 4.97. The van der Waals surface area contributed by atoms with Crippen molar-refractivity contribution in [3.8, 4) is 0 Å². The van der Waals surface area contributed by atoms with Crippen LogP contribution in [0, 0.1) is 5.82 Å². The first-order valence-corrected chi connectivity index (χ1v) is 6.36. The molecule has 1 aromatic heterocycles. The van der Waals surface area contributed by atoms with E-state index < -0.39 is 0 Å². The summed E-state index contributed by atoms with van der Waals surface area (Å²) in [4.78, 5) is 4.57. The Labute approximate surface area is 106 Å². The molecule has 1 atom stereocenters. The Morgan fingerprint density at radius 1 is 1.33 bits per heavy atom. The van der Waals surface area contributed by atoms with Crippen molar-refractivity contribution in [1.29, 1.82) is 0 Å². The number of fused-ring (bicyclic) bond motifs is 1. The lowest BCUT2D eigenvalue weighted by atomic mass is 9.97. The lowest BCUT2D eigenvalue weighted by Gasteiger charge is -2.09. The highest BCUT2D eigenvalue weighted by atomic mass is 19.1. The van der Waals surface area contributed by atoms with Crippen LogP contribution in [0.2, 0.25) is 0 Å². The van der Waals surface area contributed by atoms with Gasteiger partial charge in [-0.3, -0.25) is 0 Å². The van der Waals surface area contributed by atoms with Crippen molar-refractivity contribution in [2.24, 2.45) is 0 Å². The SMILES string of the molecule is CC(C)c1nc2n(n1)CCC2c1ccccc1F. The van der Waals surface area contributed by atoms with Gasteiger partial charge >= 0.3 is 0 Å². The lowest BCUT2D eigenvalue weighted by molar-refractivity contribution is 0.586. The molecule has 0 saturated heterocycles. The molecule has 2 aromatic rings. The second kappa shape index (κ2) is 4.19. The molecule has 3 nitrogen and oxygen atoms in total. The van der Waals surface area contributed by atoms with Crippen molar-refractivity contribution >= 4 is 0 Å². The smallest absolute Gasteiger partial charge is 0.153 e. The van der Waals surface area contributed by atoms with Gasteiger partial charge in [0.2, 0.25) is 0 Å². The van der Waals surface area contributed by atoms with Gasteiger partial charge in [0.1, 0.15) is 11.6 Å². The molecule has 1 aliphatic heterocycles. The molecule has 0 saturated carbocycles. The second-order valence-electron chi connectivity index (χ2n) is 5.07. The van der Waals surface area contributed by atoms with Crippen molar-refractivity contribution in [2.45, 2.75) is 38.6 Å². The fourth-order valence-corrected chi connectivity index (χ4v) is 2.47. The van der Waals surface area contributed by atoms with Gasteiger partial charge in [-0.1, -0.05) is 32.0 Å². The van der Waals surface area contributed by atoms with Crippen molar-refractivity contribution < 1.29 is 4.39 Å². The minimum Gasteiger partial charge on any atom is -0.249 e. The topological polar surface area (TPSA) is 30.7 Å². The quantitative estimate of drug-likeness (QED) is 0.814. The van der Waals surface area contributed by atoms with Crippen molar-refractivity contribution in [3.63, 3.8) is 0 Å². The maximum absolute atomic E-state index is 13.8. The molecule has 0 bridgehead atoms. The fourth-order valence-electron chi connectivity index (χ4n) is 2.47. The number of aromatic nitrogens is 3. The molecule has 94 valence electrons. The average molecular weight is 245 g/mol. The Morgan fingerprint density at radius 3 is 2.83 bits per heavy atom. The third-order valence-corrected chi connectivity index (χ3v) is 3.46. The molecular weight excluding hydrogens is 229 g/mol. The van der Waals surface area contributed by atoms with Crippen molar-refractivity contribution in [1.82, 2.24) is 14.8 Å². The standard InChI is InChI=1S/C14H16FN3/c1-9(2)13-16-14-11(7-8-18(14)17-13)10-5-3-4-6-12(10)15/h3-6,9,11H,7-8H2,1-2H3. The Balaban J connectivity index is 2.02. The summed E-state index contributed by atoms with van der Waals surface area (Å²) in [5, 5.41) is 4.48. The first-order chi connectivity index (χ1) is 8.66. The van der Waals surface area contributed by atoms with Crippen LogP contribution in [0.1, 0.15) is 49.3 Å². The van der Waals surface area contributed by atoms with E-state index in [9.17, 15) is 4.39 Å². The van der Waals surface area contributed by atoms with Crippen LogP contribution in [0.5, 0.6) is 0 Å². The van der Waals surface area contributed by atoms with Crippen LogP contribution in [0.3, 0.4) is 0 Å². The predicted octanol–water partition coefficient (Wildman–Crippen LogP) is 3.08. The van der Waals surface area contributed by atoms with E-state index in [2.05, 4.69) is 23.9 Å². The monoisotopic (exact) mass is 245 g/mol.